The van der Waals surface area contributed by atoms with Crippen molar-refractivity contribution in [3.8, 4) is 17.0 Å². The lowest BCUT2D eigenvalue weighted by Crippen LogP contribution is -2.57. The molecule has 0 saturated carbocycles. The van der Waals surface area contributed by atoms with Gasteiger partial charge in [-0.25, -0.2) is 31.5 Å². The van der Waals surface area contributed by atoms with E-state index >= 15 is 13.2 Å². The first-order valence-corrected chi connectivity index (χ1v) is 12.4. The molecular formula is C25H26F5N7O2. The van der Waals surface area contributed by atoms with Gasteiger partial charge in [-0.2, -0.15) is 4.98 Å². The Balaban J connectivity index is 1.35. The van der Waals surface area contributed by atoms with Crippen LogP contribution in [0.15, 0.2) is 18.3 Å². The molecule has 4 aromatic rings. The molecular weight excluding hydrogens is 525 g/mol. The summed E-state index contributed by atoms with van der Waals surface area (Å²) in [6, 6.07) is 0.890. The van der Waals surface area contributed by atoms with Crippen molar-refractivity contribution in [3.63, 3.8) is 0 Å². The van der Waals surface area contributed by atoms with Gasteiger partial charge >= 0.3 is 0 Å². The van der Waals surface area contributed by atoms with E-state index in [1.54, 1.807) is 4.90 Å². The van der Waals surface area contributed by atoms with E-state index in [9.17, 15) is 8.78 Å². The van der Waals surface area contributed by atoms with E-state index in [4.69, 9.17) is 10.8 Å². The zero-order valence-corrected chi connectivity index (χ0v) is 21.1. The van der Waals surface area contributed by atoms with Gasteiger partial charge in [-0.05, 0) is 31.0 Å². The van der Waals surface area contributed by atoms with Gasteiger partial charge < -0.3 is 19.4 Å². The summed E-state index contributed by atoms with van der Waals surface area (Å²) in [6.07, 6.45) is -2.59. The molecule has 9 nitrogen and oxygen atoms in total. The lowest BCUT2D eigenvalue weighted by Gasteiger charge is -2.42. The molecule has 2 saturated heterocycles. The highest BCUT2D eigenvalue weighted by molar-refractivity contribution is 5.90. The first-order chi connectivity index (χ1) is 19.1. The third kappa shape index (κ3) is 4.54. The lowest BCUT2D eigenvalue weighted by atomic mass is 10.0. The fourth-order valence-electron chi connectivity index (χ4n) is 5.21. The summed E-state index contributed by atoms with van der Waals surface area (Å²) in [7, 11) is 1.32. The van der Waals surface area contributed by atoms with E-state index in [-0.39, 0.29) is 65.1 Å². The molecule has 208 valence electrons. The van der Waals surface area contributed by atoms with Crippen LogP contribution in [0.5, 0.6) is 5.88 Å². The maximum atomic E-state index is 15.4. The SMILES string of the molecule is [2H]C1(N2CC[C@H](Nc3nc(OC)c4c(-c5cc(F)c6nc(C)n(CC(F)F)c6c5)c(F)cn4n3)[C@H](F)C2)COC1. The molecule has 2 fully saturated rings. The lowest BCUT2D eigenvalue weighted by molar-refractivity contribution is -0.0794. The van der Waals surface area contributed by atoms with E-state index in [2.05, 4.69) is 20.4 Å². The average Bonchev–Trinajstić information content (AvgIpc) is 3.38. The van der Waals surface area contributed by atoms with Gasteiger partial charge in [0.2, 0.25) is 11.8 Å². The number of aromatic nitrogens is 5. The zero-order valence-electron chi connectivity index (χ0n) is 22.1. The van der Waals surface area contributed by atoms with Gasteiger partial charge in [0.1, 0.15) is 23.0 Å². The number of nitrogens with one attached hydrogen (secondary N) is 1. The number of imidazole rings is 1. The smallest absolute Gasteiger partial charge is 0.256 e. The topological polar surface area (TPSA) is 81.7 Å². The summed E-state index contributed by atoms with van der Waals surface area (Å²) >= 11 is 0. The van der Waals surface area contributed by atoms with Gasteiger partial charge in [-0.1, -0.05) is 0 Å². The van der Waals surface area contributed by atoms with Gasteiger partial charge in [0.15, 0.2) is 11.6 Å². The number of alkyl halides is 3. The Labute approximate surface area is 220 Å². The van der Waals surface area contributed by atoms with Crippen molar-refractivity contribution in [1.82, 2.24) is 29.0 Å². The van der Waals surface area contributed by atoms with Gasteiger partial charge in [-0.15, -0.1) is 5.10 Å². The summed E-state index contributed by atoms with van der Waals surface area (Å²) in [5, 5.41) is 7.24. The van der Waals surface area contributed by atoms with Crippen molar-refractivity contribution in [3.05, 3.63) is 35.8 Å². The number of piperidine rings is 1. The average molecular weight is 553 g/mol. The maximum absolute atomic E-state index is 15.4. The highest BCUT2D eigenvalue weighted by Gasteiger charge is 2.36. The Morgan fingerprint density at radius 2 is 2.03 bits per heavy atom. The summed E-state index contributed by atoms with van der Waals surface area (Å²) in [5.41, 5.74) is 0.0329. The molecule has 0 spiro atoms. The van der Waals surface area contributed by atoms with Gasteiger partial charge in [0, 0.05) is 13.1 Å². The monoisotopic (exact) mass is 552 g/mol. The van der Waals surface area contributed by atoms with Crippen LogP contribution in [0.1, 0.15) is 13.6 Å². The number of fused-ring (bicyclic) bond motifs is 2. The predicted molar refractivity (Wildman–Crippen MR) is 132 cm³/mol. The first kappa shape index (κ1) is 24.5. The minimum Gasteiger partial charge on any atom is -0.479 e. The van der Waals surface area contributed by atoms with Crippen molar-refractivity contribution in [2.45, 2.75) is 44.5 Å². The number of ether oxygens (including phenoxy) is 2. The van der Waals surface area contributed by atoms with E-state index in [0.717, 1.165) is 16.8 Å². The number of rotatable bonds is 7. The number of anilines is 1. The summed E-state index contributed by atoms with van der Waals surface area (Å²) in [5.74, 6) is -1.45. The fraction of sp³-hybridized carbons (Fsp3) is 0.480. The molecule has 2 aliphatic rings. The maximum Gasteiger partial charge on any atom is 0.256 e. The first-order valence-electron chi connectivity index (χ1n) is 12.9. The Morgan fingerprint density at radius 3 is 2.69 bits per heavy atom. The van der Waals surface area contributed by atoms with E-state index in [1.807, 2.05) is 0 Å². The van der Waals surface area contributed by atoms with Gasteiger partial charge in [-0.3, -0.25) is 4.90 Å². The molecule has 0 aliphatic carbocycles. The molecule has 5 heterocycles. The van der Waals surface area contributed by atoms with E-state index < -0.39 is 42.8 Å². The number of likely N-dealkylation sites (tertiary alicyclic amines) is 1. The molecule has 14 heteroatoms. The van der Waals surface area contributed by atoms with Crippen LogP contribution in [0.2, 0.25) is 0 Å². The van der Waals surface area contributed by atoms with Crippen LogP contribution in [-0.2, 0) is 11.3 Å². The van der Waals surface area contributed by atoms with Crippen LogP contribution < -0.4 is 10.1 Å². The second-order valence-electron chi connectivity index (χ2n) is 9.64. The Hall–Kier alpha value is -3.52. The second kappa shape index (κ2) is 9.90. The summed E-state index contributed by atoms with van der Waals surface area (Å²) in [6.45, 7) is 1.78. The van der Waals surface area contributed by atoms with Crippen molar-refractivity contribution in [1.29, 1.82) is 0 Å². The van der Waals surface area contributed by atoms with Crippen molar-refractivity contribution >= 4 is 22.5 Å². The number of nitrogens with zero attached hydrogens (tertiary/aromatic N) is 6. The molecule has 6 rings (SSSR count). The molecule has 3 aromatic heterocycles. The molecule has 0 radical (unpaired) electrons. The van der Waals surface area contributed by atoms with Crippen LogP contribution in [0.25, 0.3) is 27.7 Å². The van der Waals surface area contributed by atoms with Crippen molar-refractivity contribution in [2.75, 3.05) is 38.7 Å². The number of hydrogen-bond donors (Lipinski definition) is 1. The molecule has 0 amide bonds. The van der Waals surface area contributed by atoms with E-state index in [1.165, 1.54) is 24.7 Å². The highest BCUT2D eigenvalue weighted by atomic mass is 19.3. The number of hydrogen-bond acceptors (Lipinski definition) is 7. The number of halogens is 5. The van der Waals surface area contributed by atoms with Crippen molar-refractivity contribution < 1.29 is 32.8 Å². The standard InChI is InChI=1S/C25H26F5N7O2/c1-12-31-22-15(26)5-13(6-19(22)36(12)9-20(29)30)21-17(28)8-37-23(21)24(38-2)33-25(34-37)32-18-3-4-35(7-16(18)27)14-10-39-11-14/h5-6,8,14,16,18,20H,3-4,7,9-11H2,1-2H3,(H,32,34)/t16-,18+/m1/s1/i14D. The molecule has 1 aromatic carbocycles. The van der Waals surface area contributed by atoms with Gasteiger partial charge in [0.25, 0.3) is 6.43 Å². The highest BCUT2D eigenvalue weighted by Crippen LogP contribution is 2.37. The minimum absolute atomic E-state index is 0.00756. The molecule has 39 heavy (non-hydrogen) atoms. The summed E-state index contributed by atoms with van der Waals surface area (Å²) in [4.78, 5) is 10.1. The van der Waals surface area contributed by atoms with Gasteiger partial charge in [0.05, 0.1) is 57.6 Å². The number of benzene rings is 1. The zero-order chi connectivity index (χ0) is 28.3. The quantitative estimate of drug-likeness (QED) is 0.349. The number of methoxy groups -OCH3 is 1. The van der Waals surface area contributed by atoms with Crippen LogP contribution in [0.3, 0.4) is 0 Å². The number of aryl methyl sites for hydroxylation is 1. The molecule has 2 atom stereocenters. The normalized spacial score (nSPS) is 21.9. The Morgan fingerprint density at radius 1 is 1.23 bits per heavy atom. The third-order valence-electron chi connectivity index (χ3n) is 7.19. The molecule has 1 N–H and O–H groups in total. The second-order valence-corrected chi connectivity index (χ2v) is 9.64. The van der Waals surface area contributed by atoms with Crippen molar-refractivity contribution in [2.24, 2.45) is 0 Å². The molecule has 2 aliphatic heterocycles. The largest absolute Gasteiger partial charge is 0.479 e. The predicted octanol–water partition coefficient (Wildman–Crippen LogP) is 3.83. The summed E-state index contributed by atoms with van der Waals surface area (Å²) < 4.78 is 93.1. The van der Waals surface area contributed by atoms with Crippen LogP contribution in [0, 0.1) is 18.6 Å². The van der Waals surface area contributed by atoms with Crippen LogP contribution >= 0.6 is 0 Å². The fourth-order valence-corrected chi connectivity index (χ4v) is 5.21. The van der Waals surface area contributed by atoms with E-state index in [0.29, 0.717) is 13.0 Å². The van der Waals surface area contributed by atoms with Crippen LogP contribution in [0.4, 0.5) is 27.9 Å². The van der Waals surface area contributed by atoms with Crippen LogP contribution in [-0.4, -0.2) is 87.1 Å². The minimum atomic E-state index is -2.70. The Kier molecular flexibility index (Phi) is 6.22. The molecule has 0 bridgehead atoms. The molecule has 0 unspecified atom stereocenters. The Bertz CT molecular complexity index is 1590. The third-order valence-corrected chi connectivity index (χ3v) is 7.19.